The predicted octanol–water partition coefficient (Wildman–Crippen LogP) is 0.868. The molecule has 0 aromatic heterocycles. The fourth-order valence-electron chi connectivity index (χ4n) is 1.37. The summed E-state index contributed by atoms with van der Waals surface area (Å²) in [5, 5.41) is -0.109. The molecule has 0 radical (unpaired) electrons. The monoisotopic (exact) mass is 177 g/mol. The van der Waals surface area contributed by atoms with Gasteiger partial charge in [0.25, 0.3) is 0 Å². The molecular weight excluding hydrogens is 162 g/mol. The lowest BCUT2D eigenvalue weighted by Gasteiger charge is -2.05. The molecule has 3 nitrogen and oxygen atoms in total. The van der Waals surface area contributed by atoms with Crippen LogP contribution in [0.4, 0.5) is 0 Å². The van der Waals surface area contributed by atoms with Crippen molar-refractivity contribution in [1.29, 1.82) is 0 Å². The maximum atomic E-state index is 11.2. The van der Waals surface area contributed by atoms with Crippen molar-refractivity contribution in [1.82, 2.24) is 4.72 Å². The van der Waals surface area contributed by atoms with Crippen LogP contribution < -0.4 is 4.72 Å². The minimum absolute atomic E-state index is 0.109. The predicted molar refractivity (Wildman–Crippen MR) is 44.9 cm³/mol. The summed E-state index contributed by atoms with van der Waals surface area (Å²) in [7, 11) is -2.91. The number of unbranched alkanes of at least 4 members (excludes halogenated alkanes) is 1. The van der Waals surface area contributed by atoms with Crippen LogP contribution in [0.15, 0.2) is 0 Å². The average Bonchev–Trinajstić information content (AvgIpc) is 2.25. The van der Waals surface area contributed by atoms with Crippen LogP contribution in [-0.2, 0) is 10.0 Å². The fourth-order valence-corrected chi connectivity index (χ4v) is 2.91. The van der Waals surface area contributed by atoms with Gasteiger partial charge in [-0.15, -0.1) is 0 Å². The quantitative estimate of drug-likeness (QED) is 0.695. The second-order valence-electron chi connectivity index (χ2n) is 2.99. The minimum atomic E-state index is -2.91. The lowest BCUT2D eigenvalue weighted by atomic mass is 10.1. The van der Waals surface area contributed by atoms with Crippen molar-refractivity contribution in [2.75, 3.05) is 6.54 Å². The molecule has 0 spiro atoms. The summed E-state index contributed by atoms with van der Waals surface area (Å²) in [6.07, 6.45) is 3.71. The van der Waals surface area contributed by atoms with Gasteiger partial charge >= 0.3 is 0 Å². The van der Waals surface area contributed by atoms with Crippen LogP contribution in [0.3, 0.4) is 0 Å². The van der Waals surface area contributed by atoms with Gasteiger partial charge in [0.15, 0.2) is 0 Å². The van der Waals surface area contributed by atoms with Gasteiger partial charge in [0.05, 0.1) is 5.25 Å². The van der Waals surface area contributed by atoms with Crippen LogP contribution in [0.5, 0.6) is 0 Å². The van der Waals surface area contributed by atoms with E-state index >= 15 is 0 Å². The fraction of sp³-hybridized carbons (Fsp3) is 1.00. The van der Waals surface area contributed by atoms with Gasteiger partial charge < -0.3 is 0 Å². The Morgan fingerprint density at radius 3 is 2.73 bits per heavy atom. The van der Waals surface area contributed by atoms with E-state index in [2.05, 4.69) is 11.6 Å². The van der Waals surface area contributed by atoms with E-state index in [-0.39, 0.29) is 5.25 Å². The molecule has 1 fully saturated rings. The Hall–Kier alpha value is -0.0900. The van der Waals surface area contributed by atoms with Crippen LogP contribution in [0.2, 0.25) is 0 Å². The van der Waals surface area contributed by atoms with Crippen molar-refractivity contribution in [3.63, 3.8) is 0 Å². The second kappa shape index (κ2) is 3.54. The van der Waals surface area contributed by atoms with Crippen LogP contribution in [-0.4, -0.2) is 20.2 Å². The summed E-state index contributed by atoms with van der Waals surface area (Å²) in [5.41, 5.74) is 0. The van der Waals surface area contributed by atoms with Gasteiger partial charge in [-0.25, -0.2) is 13.1 Å². The number of hydrogen-bond donors (Lipinski definition) is 1. The summed E-state index contributed by atoms with van der Waals surface area (Å²) < 4.78 is 24.8. The second-order valence-corrected chi connectivity index (χ2v) is 5.04. The summed E-state index contributed by atoms with van der Waals surface area (Å²) in [4.78, 5) is 0. The summed E-state index contributed by atoms with van der Waals surface area (Å²) in [6, 6.07) is 0. The maximum Gasteiger partial charge on any atom is 0.214 e. The molecule has 1 rings (SSSR count). The van der Waals surface area contributed by atoms with Crippen molar-refractivity contribution < 1.29 is 8.42 Å². The number of hydrogen-bond acceptors (Lipinski definition) is 2. The molecule has 1 aliphatic rings. The van der Waals surface area contributed by atoms with E-state index in [0.29, 0.717) is 6.54 Å². The zero-order valence-corrected chi connectivity index (χ0v) is 7.65. The SMILES string of the molecule is CCCCC1CCNS1(=O)=O. The normalized spacial score (nSPS) is 29.0. The zero-order chi connectivity index (χ0) is 8.32. The molecule has 1 atom stereocenters. The highest BCUT2D eigenvalue weighted by atomic mass is 32.2. The molecule has 1 heterocycles. The molecule has 11 heavy (non-hydrogen) atoms. The molecule has 66 valence electrons. The Morgan fingerprint density at radius 1 is 1.55 bits per heavy atom. The lowest BCUT2D eigenvalue weighted by Crippen LogP contribution is -2.22. The van der Waals surface area contributed by atoms with E-state index in [4.69, 9.17) is 0 Å². The van der Waals surface area contributed by atoms with E-state index in [0.717, 1.165) is 25.7 Å². The maximum absolute atomic E-state index is 11.2. The van der Waals surface area contributed by atoms with E-state index in [1.165, 1.54) is 0 Å². The molecule has 0 aliphatic carbocycles. The molecule has 0 aromatic rings. The molecule has 0 saturated carbocycles. The van der Waals surface area contributed by atoms with Crippen molar-refractivity contribution in [2.45, 2.75) is 37.9 Å². The zero-order valence-electron chi connectivity index (χ0n) is 6.84. The molecule has 0 amide bonds. The summed E-state index contributed by atoms with van der Waals surface area (Å²) in [5.74, 6) is 0. The third-order valence-electron chi connectivity index (χ3n) is 2.09. The first-order valence-corrected chi connectivity index (χ1v) is 5.70. The third-order valence-corrected chi connectivity index (χ3v) is 4.04. The van der Waals surface area contributed by atoms with Gasteiger partial charge in [0.1, 0.15) is 0 Å². The van der Waals surface area contributed by atoms with E-state index in [9.17, 15) is 8.42 Å². The summed E-state index contributed by atoms with van der Waals surface area (Å²) >= 11 is 0. The van der Waals surface area contributed by atoms with Gasteiger partial charge in [-0.3, -0.25) is 0 Å². The van der Waals surface area contributed by atoms with E-state index < -0.39 is 10.0 Å². The Labute approximate surface area is 68.2 Å². The average molecular weight is 177 g/mol. The van der Waals surface area contributed by atoms with Crippen LogP contribution in [0.1, 0.15) is 32.6 Å². The van der Waals surface area contributed by atoms with Gasteiger partial charge in [0.2, 0.25) is 10.0 Å². The molecule has 4 heteroatoms. The highest BCUT2D eigenvalue weighted by Crippen LogP contribution is 2.17. The molecule has 1 saturated heterocycles. The van der Waals surface area contributed by atoms with Gasteiger partial charge in [0, 0.05) is 6.54 Å². The number of rotatable bonds is 3. The summed E-state index contributed by atoms with van der Waals surface area (Å²) in [6.45, 7) is 2.71. The number of sulfonamides is 1. The van der Waals surface area contributed by atoms with Crippen molar-refractivity contribution in [2.24, 2.45) is 0 Å². The molecule has 1 aliphatic heterocycles. The Morgan fingerprint density at radius 2 is 2.27 bits per heavy atom. The van der Waals surface area contributed by atoms with Crippen molar-refractivity contribution >= 4 is 10.0 Å². The molecular formula is C7H15NO2S. The van der Waals surface area contributed by atoms with E-state index in [1.807, 2.05) is 0 Å². The van der Waals surface area contributed by atoms with E-state index in [1.54, 1.807) is 0 Å². The highest BCUT2D eigenvalue weighted by Gasteiger charge is 2.29. The smallest absolute Gasteiger partial charge is 0.214 e. The minimum Gasteiger partial charge on any atom is -0.215 e. The molecule has 1 unspecified atom stereocenters. The van der Waals surface area contributed by atoms with Gasteiger partial charge in [-0.05, 0) is 12.8 Å². The third kappa shape index (κ3) is 2.17. The Kier molecular flexibility index (Phi) is 2.90. The first kappa shape index (κ1) is 9.00. The largest absolute Gasteiger partial charge is 0.215 e. The molecule has 0 aromatic carbocycles. The van der Waals surface area contributed by atoms with Crippen molar-refractivity contribution in [3.8, 4) is 0 Å². The first-order valence-electron chi connectivity index (χ1n) is 4.15. The van der Waals surface area contributed by atoms with Crippen LogP contribution in [0, 0.1) is 0 Å². The van der Waals surface area contributed by atoms with Crippen LogP contribution in [0.25, 0.3) is 0 Å². The standard InChI is InChI=1S/C7H15NO2S/c1-2-3-4-7-5-6-8-11(7,9)10/h7-8H,2-6H2,1H3. The molecule has 1 N–H and O–H groups in total. The van der Waals surface area contributed by atoms with Crippen molar-refractivity contribution in [3.05, 3.63) is 0 Å². The lowest BCUT2D eigenvalue weighted by molar-refractivity contribution is 0.572. The first-order chi connectivity index (χ1) is 5.17. The topological polar surface area (TPSA) is 46.2 Å². The molecule has 0 bridgehead atoms. The number of nitrogens with one attached hydrogen (secondary N) is 1. The highest BCUT2D eigenvalue weighted by molar-refractivity contribution is 7.90. The van der Waals surface area contributed by atoms with Gasteiger partial charge in [-0.2, -0.15) is 0 Å². The Bertz CT molecular complexity index is 210. The Balaban J connectivity index is 2.45. The van der Waals surface area contributed by atoms with Gasteiger partial charge in [-0.1, -0.05) is 19.8 Å². The van der Waals surface area contributed by atoms with Crippen LogP contribution >= 0.6 is 0 Å².